The maximum atomic E-state index is 12.4. The molecule has 6 nitrogen and oxygen atoms in total. The molecular formula is C19H14N2O4S. The molecule has 7 heteroatoms. The lowest BCUT2D eigenvalue weighted by Gasteiger charge is -2.04. The molecule has 0 saturated carbocycles. The number of carbonyl (C=O) groups is 3. The van der Waals surface area contributed by atoms with E-state index >= 15 is 0 Å². The third-order valence-electron chi connectivity index (χ3n) is 3.56. The van der Waals surface area contributed by atoms with Crippen LogP contribution in [0.4, 0.5) is 5.13 Å². The molecular weight excluding hydrogens is 352 g/mol. The molecule has 0 aliphatic carbocycles. The van der Waals surface area contributed by atoms with Crippen molar-refractivity contribution in [3.8, 4) is 0 Å². The predicted octanol–water partition coefficient (Wildman–Crippen LogP) is 3.41. The van der Waals surface area contributed by atoms with Crippen LogP contribution in [-0.4, -0.2) is 29.8 Å². The molecule has 1 heterocycles. The number of hydrogen-bond acceptors (Lipinski definition) is 6. The van der Waals surface area contributed by atoms with Gasteiger partial charge in [0.1, 0.15) is 4.88 Å². The lowest BCUT2D eigenvalue weighted by molar-refractivity contribution is 0.0605. The average Bonchev–Trinajstić information content (AvgIpc) is 3.16. The summed E-state index contributed by atoms with van der Waals surface area (Å²) in [4.78, 5) is 40.3. The molecule has 3 rings (SSSR count). The summed E-state index contributed by atoms with van der Waals surface area (Å²) in [6, 6.07) is 15.3. The van der Waals surface area contributed by atoms with Crippen molar-refractivity contribution in [1.29, 1.82) is 0 Å². The monoisotopic (exact) mass is 366 g/mol. The van der Waals surface area contributed by atoms with Gasteiger partial charge in [-0.3, -0.25) is 14.9 Å². The molecule has 0 spiro atoms. The Morgan fingerprint density at radius 3 is 2.19 bits per heavy atom. The minimum absolute atomic E-state index is 0.111. The highest BCUT2D eigenvalue weighted by molar-refractivity contribution is 7.17. The molecule has 130 valence electrons. The summed E-state index contributed by atoms with van der Waals surface area (Å²) >= 11 is 1.02. The third kappa shape index (κ3) is 3.84. The second kappa shape index (κ2) is 7.71. The van der Waals surface area contributed by atoms with Gasteiger partial charge in [0.05, 0.1) is 13.3 Å². The Bertz CT molecular complexity index is 949. The number of aromatic nitrogens is 1. The number of rotatable bonds is 5. The smallest absolute Gasteiger partial charge is 0.349 e. The molecule has 0 aliphatic heterocycles. The number of anilines is 1. The maximum Gasteiger partial charge on any atom is 0.349 e. The molecule has 0 unspecified atom stereocenters. The zero-order chi connectivity index (χ0) is 18.5. The van der Waals surface area contributed by atoms with Gasteiger partial charge in [0.15, 0.2) is 10.9 Å². The second-order valence-electron chi connectivity index (χ2n) is 5.25. The fraction of sp³-hybridized carbons (Fsp3) is 0.0526. The maximum absolute atomic E-state index is 12.4. The van der Waals surface area contributed by atoms with Crippen LogP contribution in [0.1, 0.15) is 36.0 Å². The van der Waals surface area contributed by atoms with Gasteiger partial charge in [-0.1, -0.05) is 53.8 Å². The number of ketones is 1. The first kappa shape index (κ1) is 17.5. The molecule has 0 radical (unpaired) electrons. The fourth-order valence-corrected chi connectivity index (χ4v) is 2.95. The van der Waals surface area contributed by atoms with Crippen LogP contribution >= 0.6 is 11.3 Å². The van der Waals surface area contributed by atoms with E-state index in [0.717, 1.165) is 11.3 Å². The number of thiazole rings is 1. The molecule has 0 saturated heterocycles. The number of hydrogen-bond donors (Lipinski definition) is 1. The Kier molecular flexibility index (Phi) is 5.19. The minimum atomic E-state index is -0.508. The van der Waals surface area contributed by atoms with Crippen molar-refractivity contribution in [2.45, 2.75) is 0 Å². The van der Waals surface area contributed by atoms with Gasteiger partial charge in [-0.15, -0.1) is 0 Å². The average molecular weight is 366 g/mol. The fourth-order valence-electron chi connectivity index (χ4n) is 2.23. The minimum Gasteiger partial charge on any atom is -0.465 e. The number of amides is 1. The first-order valence-electron chi connectivity index (χ1n) is 7.64. The highest BCUT2D eigenvalue weighted by atomic mass is 32.1. The number of nitrogens with one attached hydrogen (secondary N) is 1. The van der Waals surface area contributed by atoms with Gasteiger partial charge in [0, 0.05) is 16.7 Å². The van der Waals surface area contributed by atoms with Gasteiger partial charge in [-0.05, 0) is 12.1 Å². The van der Waals surface area contributed by atoms with Crippen molar-refractivity contribution in [2.24, 2.45) is 0 Å². The Balaban J connectivity index is 1.70. The third-order valence-corrected chi connectivity index (χ3v) is 4.45. The number of ether oxygens (including phenoxy) is 1. The van der Waals surface area contributed by atoms with Gasteiger partial charge in [0.25, 0.3) is 5.91 Å². The first-order chi connectivity index (χ1) is 12.6. The van der Waals surface area contributed by atoms with Crippen molar-refractivity contribution in [1.82, 2.24) is 4.98 Å². The normalized spacial score (nSPS) is 10.2. The summed E-state index contributed by atoms with van der Waals surface area (Å²) in [5, 5.41) is 2.91. The molecule has 1 amide bonds. The molecule has 1 N–H and O–H groups in total. The van der Waals surface area contributed by atoms with Crippen LogP contribution in [0.25, 0.3) is 0 Å². The number of esters is 1. The van der Waals surface area contributed by atoms with Crippen LogP contribution in [0.2, 0.25) is 0 Å². The van der Waals surface area contributed by atoms with Gasteiger partial charge in [-0.2, -0.15) is 0 Å². The van der Waals surface area contributed by atoms with E-state index in [0.29, 0.717) is 26.7 Å². The number of benzene rings is 2. The Morgan fingerprint density at radius 2 is 1.54 bits per heavy atom. The van der Waals surface area contributed by atoms with Gasteiger partial charge >= 0.3 is 5.97 Å². The van der Waals surface area contributed by atoms with Crippen molar-refractivity contribution in [3.63, 3.8) is 0 Å². The zero-order valence-corrected chi connectivity index (χ0v) is 14.6. The SMILES string of the molecule is COC(=O)c1cnc(NC(=O)c2ccc(C(=O)c3ccccc3)cc2)s1. The van der Waals surface area contributed by atoms with E-state index in [4.69, 9.17) is 0 Å². The van der Waals surface area contributed by atoms with Crippen molar-refractivity contribution in [3.05, 3.63) is 82.4 Å². The molecule has 1 aromatic heterocycles. The predicted molar refractivity (Wildman–Crippen MR) is 97.7 cm³/mol. The first-order valence-corrected chi connectivity index (χ1v) is 8.45. The van der Waals surface area contributed by atoms with Crippen LogP contribution in [0.15, 0.2) is 60.8 Å². The van der Waals surface area contributed by atoms with Crippen LogP contribution in [0, 0.1) is 0 Å². The summed E-state index contributed by atoms with van der Waals surface area (Å²) in [6.07, 6.45) is 1.34. The van der Waals surface area contributed by atoms with Gasteiger partial charge in [-0.25, -0.2) is 9.78 Å². The van der Waals surface area contributed by atoms with Crippen molar-refractivity contribution >= 4 is 34.1 Å². The van der Waals surface area contributed by atoms with E-state index in [1.165, 1.54) is 13.3 Å². The molecule has 0 aliphatic rings. The molecule has 3 aromatic rings. The summed E-state index contributed by atoms with van der Waals surface area (Å²) in [6.45, 7) is 0. The number of methoxy groups -OCH3 is 1. The molecule has 26 heavy (non-hydrogen) atoms. The Labute approximate surface area is 153 Å². The van der Waals surface area contributed by atoms with Crippen LogP contribution in [0.5, 0.6) is 0 Å². The molecule has 0 atom stereocenters. The topological polar surface area (TPSA) is 85.4 Å². The van der Waals surface area contributed by atoms with Crippen LogP contribution in [0.3, 0.4) is 0 Å². The highest BCUT2D eigenvalue weighted by Gasteiger charge is 2.14. The van der Waals surface area contributed by atoms with E-state index in [2.05, 4.69) is 15.0 Å². The van der Waals surface area contributed by atoms with Crippen molar-refractivity contribution < 1.29 is 19.1 Å². The van der Waals surface area contributed by atoms with Crippen LogP contribution in [-0.2, 0) is 4.74 Å². The summed E-state index contributed by atoms with van der Waals surface area (Å²) < 4.78 is 4.60. The lowest BCUT2D eigenvalue weighted by atomic mass is 10.0. The van der Waals surface area contributed by atoms with Crippen molar-refractivity contribution in [2.75, 3.05) is 12.4 Å². The summed E-state index contributed by atoms with van der Waals surface area (Å²) in [7, 11) is 1.28. The van der Waals surface area contributed by atoms with Gasteiger partial charge in [0.2, 0.25) is 0 Å². The number of carbonyl (C=O) groups excluding carboxylic acids is 3. The highest BCUT2D eigenvalue weighted by Crippen LogP contribution is 2.20. The zero-order valence-electron chi connectivity index (χ0n) is 13.8. The standard InChI is InChI=1S/C19H14N2O4S/c1-25-18(24)15-11-20-19(26-15)21-17(23)14-9-7-13(8-10-14)16(22)12-5-3-2-4-6-12/h2-11H,1H3,(H,20,21,23). The van der Waals surface area contributed by atoms with Crippen LogP contribution < -0.4 is 5.32 Å². The summed E-state index contributed by atoms with van der Waals surface area (Å²) in [5.74, 6) is -0.999. The van der Waals surface area contributed by atoms with Gasteiger partial charge < -0.3 is 4.74 Å². The summed E-state index contributed by atoms with van der Waals surface area (Å²) in [5.41, 5.74) is 1.46. The van der Waals surface area contributed by atoms with E-state index in [1.54, 1.807) is 48.5 Å². The lowest BCUT2D eigenvalue weighted by Crippen LogP contribution is -2.12. The Hall–Kier alpha value is -3.32. The molecule has 0 fully saturated rings. The molecule has 0 bridgehead atoms. The van der Waals surface area contributed by atoms with E-state index in [1.807, 2.05) is 6.07 Å². The number of nitrogens with zero attached hydrogens (tertiary/aromatic N) is 1. The largest absolute Gasteiger partial charge is 0.465 e. The van der Waals surface area contributed by atoms with E-state index < -0.39 is 5.97 Å². The van der Waals surface area contributed by atoms with E-state index in [9.17, 15) is 14.4 Å². The quantitative estimate of drug-likeness (QED) is 0.552. The Morgan fingerprint density at radius 1 is 0.923 bits per heavy atom. The molecule has 2 aromatic carbocycles. The van der Waals surface area contributed by atoms with E-state index in [-0.39, 0.29) is 11.7 Å². The second-order valence-corrected chi connectivity index (χ2v) is 6.28.